The Bertz CT molecular complexity index is 652. The van der Waals surface area contributed by atoms with Crippen LogP contribution in [0.1, 0.15) is 5.56 Å². The SMILES string of the molecule is COC(=O)Nc1ccc(N2CCN(Cc3ccccc3)CC2)nc1. The van der Waals surface area contributed by atoms with Gasteiger partial charge in [0.2, 0.25) is 0 Å². The lowest BCUT2D eigenvalue weighted by Crippen LogP contribution is -2.46. The molecule has 6 heteroatoms. The number of carbonyl (C=O) groups excluding carboxylic acids is 1. The number of aromatic nitrogens is 1. The molecule has 0 spiro atoms. The van der Waals surface area contributed by atoms with Crippen molar-refractivity contribution < 1.29 is 9.53 Å². The highest BCUT2D eigenvalue weighted by molar-refractivity contribution is 5.84. The number of amides is 1. The average Bonchev–Trinajstić information content (AvgIpc) is 2.64. The van der Waals surface area contributed by atoms with Crippen molar-refractivity contribution in [3.63, 3.8) is 0 Å². The highest BCUT2D eigenvalue weighted by Gasteiger charge is 2.18. The summed E-state index contributed by atoms with van der Waals surface area (Å²) in [5.74, 6) is 0.935. The lowest BCUT2D eigenvalue weighted by Gasteiger charge is -2.35. The van der Waals surface area contributed by atoms with E-state index in [1.165, 1.54) is 12.7 Å². The molecule has 3 rings (SSSR count). The summed E-state index contributed by atoms with van der Waals surface area (Å²) in [6.07, 6.45) is 1.17. The van der Waals surface area contributed by atoms with Crippen LogP contribution in [0, 0.1) is 0 Å². The van der Waals surface area contributed by atoms with Gasteiger partial charge in [-0.2, -0.15) is 0 Å². The van der Waals surface area contributed by atoms with Gasteiger partial charge in [-0.15, -0.1) is 0 Å². The molecule has 1 aliphatic rings. The number of pyridine rings is 1. The van der Waals surface area contributed by atoms with Gasteiger partial charge in [0.15, 0.2) is 0 Å². The molecule has 1 N–H and O–H groups in total. The van der Waals surface area contributed by atoms with Crippen LogP contribution in [-0.2, 0) is 11.3 Å². The van der Waals surface area contributed by atoms with Gasteiger partial charge in [-0.1, -0.05) is 30.3 Å². The van der Waals surface area contributed by atoms with Crippen molar-refractivity contribution in [2.45, 2.75) is 6.54 Å². The maximum absolute atomic E-state index is 11.2. The molecule has 2 heterocycles. The summed E-state index contributed by atoms with van der Waals surface area (Å²) >= 11 is 0. The molecule has 0 atom stereocenters. The van der Waals surface area contributed by atoms with E-state index < -0.39 is 6.09 Å². The summed E-state index contributed by atoms with van der Waals surface area (Å²) in [6.45, 7) is 4.91. The van der Waals surface area contributed by atoms with Gasteiger partial charge in [-0.05, 0) is 17.7 Å². The minimum Gasteiger partial charge on any atom is -0.453 e. The fraction of sp³-hybridized carbons (Fsp3) is 0.333. The van der Waals surface area contributed by atoms with Gasteiger partial charge in [0.25, 0.3) is 0 Å². The Morgan fingerprint density at radius 1 is 1.12 bits per heavy atom. The molecule has 0 bridgehead atoms. The van der Waals surface area contributed by atoms with E-state index in [2.05, 4.69) is 49.1 Å². The molecular formula is C18H22N4O2. The Balaban J connectivity index is 1.52. The first-order chi connectivity index (χ1) is 11.7. The van der Waals surface area contributed by atoms with E-state index in [0.29, 0.717) is 5.69 Å². The van der Waals surface area contributed by atoms with Crippen LogP contribution >= 0.6 is 0 Å². The Labute approximate surface area is 142 Å². The number of rotatable bonds is 4. The molecule has 1 aromatic heterocycles. The molecule has 2 aromatic rings. The fourth-order valence-corrected chi connectivity index (χ4v) is 2.79. The molecule has 0 radical (unpaired) electrons. The third-order valence-electron chi connectivity index (χ3n) is 4.12. The topological polar surface area (TPSA) is 57.7 Å². The van der Waals surface area contributed by atoms with E-state index in [1.807, 2.05) is 18.2 Å². The molecule has 24 heavy (non-hydrogen) atoms. The Hall–Kier alpha value is -2.60. The first-order valence-electron chi connectivity index (χ1n) is 8.07. The molecule has 6 nitrogen and oxygen atoms in total. The Morgan fingerprint density at radius 2 is 1.88 bits per heavy atom. The summed E-state index contributed by atoms with van der Waals surface area (Å²) in [5.41, 5.74) is 1.98. The predicted octanol–water partition coefficient (Wildman–Crippen LogP) is 2.58. The van der Waals surface area contributed by atoms with Crippen molar-refractivity contribution in [1.29, 1.82) is 0 Å². The molecule has 0 saturated carbocycles. The van der Waals surface area contributed by atoms with Crippen molar-refractivity contribution in [2.24, 2.45) is 0 Å². The minimum atomic E-state index is -0.487. The van der Waals surface area contributed by atoms with Crippen LogP contribution in [0.2, 0.25) is 0 Å². The second-order valence-corrected chi connectivity index (χ2v) is 5.77. The van der Waals surface area contributed by atoms with Gasteiger partial charge in [0.05, 0.1) is 19.0 Å². The molecular weight excluding hydrogens is 304 g/mol. The highest BCUT2D eigenvalue weighted by Crippen LogP contribution is 2.17. The van der Waals surface area contributed by atoms with Crippen molar-refractivity contribution in [2.75, 3.05) is 43.5 Å². The average molecular weight is 326 g/mol. The monoisotopic (exact) mass is 326 g/mol. The van der Waals surface area contributed by atoms with Crippen LogP contribution in [0.25, 0.3) is 0 Å². The summed E-state index contributed by atoms with van der Waals surface area (Å²) in [7, 11) is 1.34. The smallest absolute Gasteiger partial charge is 0.411 e. The number of nitrogens with one attached hydrogen (secondary N) is 1. The fourth-order valence-electron chi connectivity index (χ4n) is 2.79. The van der Waals surface area contributed by atoms with Crippen LogP contribution in [0.4, 0.5) is 16.3 Å². The Kier molecular flexibility index (Phi) is 5.28. The molecule has 1 saturated heterocycles. The first-order valence-corrected chi connectivity index (χ1v) is 8.07. The largest absolute Gasteiger partial charge is 0.453 e. The number of piperazine rings is 1. The molecule has 1 amide bonds. The standard InChI is InChI=1S/C18H22N4O2/c1-24-18(23)20-16-7-8-17(19-13-16)22-11-9-21(10-12-22)14-15-5-3-2-4-6-15/h2-8,13H,9-12,14H2,1H3,(H,20,23). The highest BCUT2D eigenvalue weighted by atomic mass is 16.5. The van der Waals surface area contributed by atoms with E-state index in [9.17, 15) is 4.79 Å². The van der Waals surface area contributed by atoms with Gasteiger partial charge in [-0.3, -0.25) is 10.2 Å². The quantitative estimate of drug-likeness (QED) is 0.936. The number of methoxy groups -OCH3 is 1. The number of benzene rings is 1. The number of hydrogen-bond acceptors (Lipinski definition) is 5. The van der Waals surface area contributed by atoms with Gasteiger partial charge in [0.1, 0.15) is 5.82 Å². The summed E-state index contributed by atoms with van der Waals surface area (Å²) in [5, 5.41) is 2.61. The van der Waals surface area contributed by atoms with Gasteiger partial charge >= 0.3 is 6.09 Å². The summed E-state index contributed by atoms with van der Waals surface area (Å²) < 4.78 is 4.57. The van der Waals surface area contributed by atoms with Gasteiger partial charge in [-0.25, -0.2) is 9.78 Å². The number of nitrogens with zero attached hydrogens (tertiary/aromatic N) is 3. The number of ether oxygens (including phenoxy) is 1. The van der Waals surface area contributed by atoms with Crippen molar-refractivity contribution in [3.8, 4) is 0 Å². The lowest BCUT2D eigenvalue weighted by atomic mass is 10.2. The maximum atomic E-state index is 11.2. The van der Waals surface area contributed by atoms with E-state index >= 15 is 0 Å². The molecule has 0 unspecified atom stereocenters. The zero-order valence-corrected chi connectivity index (χ0v) is 13.8. The van der Waals surface area contributed by atoms with Gasteiger partial charge < -0.3 is 9.64 Å². The van der Waals surface area contributed by atoms with E-state index in [4.69, 9.17) is 0 Å². The molecule has 0 aliphatic carbocycles. The van der Waals surface area contributed by atoms with Crippen LogP contribution in [-0.4, -0.2) is 49.3 Å². The van der Waals surface area contributed by atoms with Crippen LogP contribution in [0.3, 0.4) is 0 Å². The third kappa shape index (κ3) is 4.23. The number of carbonyl (C=O) groups is 1. The molecule has 126 valence electrons. The molecule has 1 fully saturated rings. The number of anilines is 2. The second kappa shape index (κ2) is 7.79. The van der Waals surface area contributed by atoms with Crippen LogP contribution in [0.15, 0.2) is 48.7 Å². The minimum absolute atomic E-state index is 0.487. The predicted molar refractivity (Wildman–Crippen MR) is 94.2 cm³/mol. The zero-order valence-electron chi connectivity index (χ0n) is 13.8. The van der Waals surface area contributed by atoms with Crippen molar-refractivity contribution in [1.82, 2.24) is 9.88 Å². The molecule has 1 aliphatic heterocycles. The van der Waals surface area contributed by atoms with Crippen LogP contribution in [0.5, 0.6) is 0 Å². The van der Waals surface area contributed by atoms with Crippen molar-refractivity contribution >= 4 is 17.6 Å². The van der Waals surface area contributed by atoms with Crippen molar-refractivity contribution in [3.05, 3.63) is 54.2 Å². The van der Waals surface area contributed by atoms with E-state index in [0.717, 1.165) is 38.5 Å². The Morgan fingerprint density at radius 3 is 2.50 bits per heavy atom. The third-order valence-corrected chi connectivity index (χ3v) is 4.12. The maximum Gasteiger partial charge on any atom is 0.411 e. The van der Waals surface area contributed by atoms with E-state index in [1.54, 1.807) is 6.20 Å². The second-order valence-electron chi connectivity index (χ2n) is 5.77. The summed E-state index contributed by atoms with van der Waals surface area (Å²) in [6, 6.07) is 14.3. The normalized spacial score (nSPS) is 15.1. The molecule has 1 aromatic carbocycles. The van der Waals surface area contributed by atoms with Gasteiger partial charge in [0, 0.05) is 32.7 Å². The first kappa shape index (κ1) is 16.3. The number of hydrogen-bond donors (Lipinski definition) is 1. The van der Waals surface area contributed by atoms with E-state index in [-0.39, 0.29) is 0 Å². The van der Waals surface area contributed by atoms with Crippen LogP contribution < -0.4 is 10.2 Å². The zero-order chi connectivity index (χ0) is 16.8. The lowest BCUT2D eigenvalue weighted by molar-refractivity contribution is 0.187. The summed E-state index contributed by atoms with van der Waals surface area (Å²) in [4.78, 5) is 20.3.